The van der Waals surface area contributed by atoms with E-state index in [4.69, 9.17) is 29.4 Å². The SMILES string of the molecule is CCNC(=O)Nc1ccc(-c2nc3c(c(N4CCOC[C@@H]4C)n2)CCN2CCCC32)cc1.CCNC(=O)Nc1ccc(-c2nc3c(c(N4CCOC[C@@H]4C)n2)CCN2CCCC32)cc1. The fourth-order valence-electron chi connectivity index (χ4n) is 10.2. The Morgan fingerprint density at radius 3 is 1.41 bits per heavy atom. The molecule has 4 saturated heterocycles. The van der Waals surface area contributed by atoms with Crippen LogP contribution >= 0.6 is 0 Å². The van der Waals surface area contributed by atoms with E-state index in [0.717, 1.165) is 137 Å². The molecular formula is C48H64N12O4. The Balaban J connectivity index is 0.000000162. The molecule has 2 unspecified atom stereocenters. The Morgan fingerprint density at radius 2 is 1.02 bits per heavy atom. The molecule has 64 heavy (non-hydrogen) atoms. The van der Waals surface area contributed by atoms with Gasteiger partial charge in [-0.25, -0.2) is 29.5 Å². The molecule has 0 aliphatic carbocycles. The summed E-state index contributed by atoms with van der Waals surface area (Å²) in [5.74, 6) is 3.68. The number of morpholine rings is 2. The number of amides is 4. The van der Waals surface area contributed by atoms with Crippen molar-refractivity contribution in [3.8, 4) is 22.8 Å². The summed E-state index contributed by atoms with van der Waals surface area (Å²) >= 11 is 0. The van der Waals surface area contributed by atoms with Gasteiger partial charge in [-0.3, -0.25) is 9.80 Å². The smallest absolute Gasteiger partial charge is 0.319 e. The summed E-state index contributed by atoms with van der Waals surface area (Å²) in [5, 5.41) is 11.2. The van der Waals surface area contributed by atoms with Crippen molar-refractivity contribution in [2.45, 2.75) is 90.4 Å². The number of ether oxygens (including phenoxy) is 2. The number of hydrogen-bond acceptors (Lipinski definition) is 12. The monoisotopic (exact) mass is 873 g/mol. The van der Waals surface area contributed by atoms with Gasteiger partial charge in [-0.05, 0) is 128 Å². The van der Waals surface area contributed by atoms with Gasteiger partial charge < -0.3 is 40.5 Å². The zero-order valence-electron chi connectivity index (χ0n) is 37.9. The highest BCUT2D eigenvalue weighted by atomic mass is 16.5. The van der Waals surface area contributed by atoms with Gasteiger partial charge in [-0.1, -0.05) is 0 Å². The molecular weight excluding hydrogens is 809 g/mol. The first-order valence-electron chi connectivity index (χ1n) is 23.6. The molecule has 6 aliphatic heterocycles. The molecule has 2 aromatic carbocycles. The number of carbonyl (C=O) groups is 2. The lowest BCUT2D eigenvalue weighted by Crippen LogP contribution is -2.45. The number of nitrogens with one attached hydrogen (secondary N) is 4. The van der Waals surface area contributed by atoms with Crippen molar-refractivity contribution in [2.75, 3.05) is 99.2 Å². The molecule has 0 radical (unpaired) electrons. The topological polar surface area (TPSA) is 165 Å². The summed E-state index contributed by atoms with van der Waals surface area (Å²) in [6.45, 7) is 18.5. The predicted molar refractivity (Wildman–Crippen MR) is 250 cm³/mol. The van der Waals surface area contributed by atoms with Crippen molar-refractivity contribution >= 4 is 35.1 Å². The third-order valence-corrected chi connectivity index (χ3v) is 13.4. The van der Waals surface area contributed by atoms with Gasteiger partial charge in [0.05, 0.1) is 62.0 Å². The van der Waals surface area contributed by atoms with Crippen molar-refractivity contribution in [3.63, 3.8) is 0 Å². The van der Waals surface area contributed by atoms with E-state index >= 15 is 0 Å². The zero-order chi connectivity index (χ0) is 44.2. The number of urea groups is 2. The molecule has 0 spiro atoms. The van der Waals surface area contributed by atoms with E-state index in [1.807, 2.05) is 62.4 Å². The third-order valence-electron chi connectivity index (χ3n) is 13.4. The van der Waals surface area contributed by atoms with Crippen LogP contribution in [0.5, 0.6) is 0 Å². The van der Waals surface area contributed by atoms with Crippen LogP contribution in [0.4, 0.5) is 32.6 Å². The molecule has 8 heterocycles. The summed E-state index contributed by atoms with van der Waals surface area (Å²) in [6.07, 6.45) is 6.79. The van der Waals surface area contributed by atoms with Gasteiger partial charge in [-0.2, -0.15) is 0 Å². The maximum atomic E-state index is 11.8. The van der Waals surface area contributed by atoms with Gasteiger partial charge in [0, 0.05) is 72.9 Å². The zero-order valence-corrected chi connectivity index (χ0v) is 37.9. The van der Waals surface area contributed by atoms with Crippen LogP contribution in [0.3, 0.4) is 0 Å². The average Bonchev–Trinajstić information content (AvgIpc) is 4.01. The minimum Gasteiger partial charge on any atom is -0.377 e. The fourth-order valence-corrected chi connectivity index (χ4v) is 10.2. The summed E-state index contributed by atoms with van der Waals surface area (Å²) in [5.41, 5.74) is 8.48. The predicted octanol–water partition coefficient (Wildman–Crippen LogP) is 6.41. The first kappa shape index (κ1) is 43.8. The Bertz CT molecular complexity index is 2120. The quantitative estimate of drug-likeness (QED) is 0.154. The number of nitrogens with zero attached hydrogens (tertiary/aromatic N) is 8. The Hall–Kier alpha value is -5.42. The minimum atomic E-state index is -0.199. The van der Waals surface area contributed by atoms with E-state index in [-0.39, 0.29) is 12.1 Å². The second-order valence-corrected chi connectivity index (χ2v) is 17.7. The van der Waals surface area contributed by atoms with Crippen LogP contribution in [0.2, 0.25) is 0 Å². The summed E-state index contributed by atoms with van der Waals surface area (Å²) < 4.78 is 11.4. The molecule has 340 valence electrons. The van der Waals surface area contributed by atoms with Gasteiger partial charge in [-0.15, -0.1) is 0 Å². The van der Waals surface area contributed by atoms with Crippen LogP contribution in [-0.4, -0.2) is 133 Å². The fraction of sp³-hybridized carbons (Fsp3) is 0.542. The standard InChI is InChI=1S/2C24H32N6O2/c2*1-3-25-24(31)26-18-8-6-17(7-9-18)22-27-21-19(10-12-29-11-4-5-20(21)29)23(28-22)30-13-14-32-15-16(30)2/h2*6-9,16,20H,3-5,10-15H2,1-2H3,(H2,25,26,31)/t2*16-,20?/m00/s1. The maximum Gasteiger partial charge on any atom is 0.319 e. The minimum absolute atomic E-state index is 0.199. The van der Waals surface area contributed by atoms with Crippen molar-refractivity contribution in [3.05, 3.63) is 71.0 Å². The molecule has 0 bridgehead atoms. The number of rotatable bonds is 8. The van der Waals surface area contributed by atoms with E-state index in [1.54, 1.807) is 0 Å². The first-order valence-corrected chi connectivity index (χ1v) is 23.6. The molecule has 0 saturated carbocycles. The first-order chi connectivity index (χ1) is 31.3. The van der Waals surface area contributed by atoms with Crippen LogP contribution in [0, 0.1) is 0 Å². The highest BCUT2D eigenvalue weighted by Gasteiger charge is 2.38. The van der Waals surface area contributed by atoms with Crippen LogP contribution in [0.1, 0.15) is 88.0 Å². The Kier molecular flexibility index (Phi) is 13.5. The lowest BCUT2D eigenvalue weighted by Gasteiger charge is -2.38. The molecule has 4 aromatic rings. The Morgan fingerprint density at radius 1 is 0.594 bits per heavy atom. The van der Waals surface area contributed by atoms with E-state index in [9.17, 15) is 9.59 Å². The maximum absolute atomic E-state index is 11.8. The van der Waals surface area contributed by atoms with Gasteiger partial charge in [0.2, 0.25) is 0 Å². The van der Waals surface area contributed by atoms with E-state index in [1.165, 1.54) is 35.4 Å². The van der Waals surface area contributed by atoms with E-state index < -0.39 is 0 Å². The molecule has 4 amide bonds. The summed E-state index contributed by atoms with van der Waals surface area (Å²) in [7, 11) is 0. The molecule has 2 aromatic heterocycles. The van der Waals surface area contributed by atoms with Crippen LogP contribution in [0.25, 0.3) is 22.8 Å². The van der Waals surface area contributed by atoms with Gasteiger partial charge >= 0.3 is 12.1 Å². The van der Waals surface area contributed by atoms with Crippen LogP contribution in [-0.2, 0) is 22.3 Å². The van der Waals surface area contributed by atoms with Crippen LogP contribution in [0.15, 0.2) is 48.5 Å². The molecule has 10 rings (SSSR count). The second kappa shape index (κ2) is 19.8. The number of benzene rings is 2. The number of anilines is 4. The van der Waals surface area contributed by atoms with Crippen molar-refractivity contribution in [1.82, 2.24) is 40.4 Å². The highest BCUT2D eigenvalue weighted by molar-refractivity contribution is 5.90. The molecule has 6 aliphatic rings. The second-order valence-electron chi connectivity index (χ2n) is 17.7. The molecule has 16 nitrogen and oxygen atoms in total. The molecule has 4 N–H and O–H groups in total. The highest BCUT2D eigenvalue weighted by Crippen LogP contribution is 2.43. The normalized spacial score (nSPS) is 22.9. The van der Waals surface area contributed by atoms with Gasteiger partial charge in [0.15, 0.2) is 11.6 Å². The van der Waals surface area contributed by atoms with E-state index in [2.05, 4.69) is 54.7 Å². The lowest BCUT2D eigenvalue weighted by atomic mass is 9.97. The van der Waals surface area contributed by atoms with Crippen molar-refractivity contribution in [2.24, 2.45) is 0 Å². The van der Waals surface area contributed by atoms with Crippen molar-refractivity contribution in [1.29, 1.82) is 0 Å². The van der Waals surface area contributed by atoms with Crippen LogP contribution < -0.4 is 31.1 Å². The van der Waals surface area contributed by atoms with E-state index in [0.29, 0.717) is 37.3 Å². The number of fused-ring (bicyclic) bond motifs is 6. The average molecular weight is 873 g/mol. The third kappa shape index (κ3) is 9.37. The molecule has 4 atom stereocenters. The lowest BCUT2D eigenvalue weighted by molar-refractivity contribution is 0.0982. The summed E-state index contributed by atoms with van der Waals surface area (Å²) in [6, 6.07) is 16.6. The Labute approximate surface area is 376 Å². The largest absolute Gasteiger partial charge is 0.377 e. The van der Waals surface area contributed by atoms with Crippen molar-refractivity contribution < 1.29 is 19.1 Å². The molecule has 16 heteroatoms. The van der Waals surface area contributed by atoms with Gasteiger partial charge in [0.1, 0.15) is 11.6 Å². The number of aromatic nitrogens is 4. The molecule has 4 fully saturated rings. The van der Waals surface area contributed by atoms with Gasteiger partial charge in [0.25, 0.3) is 0 Å². The summed E-state index contributed by atoms with van der Waals surface area (Å²) in [4.78, 5) is 54.0. The number of hydrogen-bond donors (Lipinski definition) is 4. The number of carbonyl (C=O) groups excluding carboxylic acids is 2.